The molecule has 1 fully saturated rings. The zero-order chi connectivity index (χ0) is 20.5. The second-order valence-electron chi connectivity index (χ2n) is 8.23. The van der Waals surface area contributed by atoms with Crippen molar-refractivity contribution in [3.05, 3.63) is 59.7 Å². The Hall–Kier alpha value is -2.34. The molecule has 0 unspecified atom stereocenters. The van der Waals surface area contributed by atoms with Crippen LogP contribution in [0.1, 0.15) is 36.8 Å². The van der Waals surface area contributed by atoms with Crippen molar-refractivity contribution in [2.75, 3.05) is 31.3 Å². The first-order valence-corrected chi connectivity index (χ1v) is 12.2. The molecule has 2 aromatic carbocycles. The number of hydrogen-bond acceptors (Lipinski definition) is 3. The number of hydrogen-bond donors (Lipinski definition) is 1. The standard InChI is InChI=1S/C23H29N3O2S/c1-24-22(25-16-13-18-9-11-19(12-10-18)29(2,27)28)26-17-23(14-5-6-15-23)20-7-3-4-8-21(20)26/h3-4,7-12H,5-6,13-17H2,1-2H3,(H,24,25). The fourth-order valence-electron chi connectivity index (χ4n) is 4.82. The summed E-state index contributed by atoms with van der Waals surface area (Å²) in [6.07, 6.45) is 7.16. The molecule has 1 N–H and O–H groups in total. The molecule has 5 nitrogen and oxygen atoms in total. The van der Waals surface area contributed by atoms with Crippen LogP contribution in [0, 0.1) is 0 Å². The minimum atomic E-state index is -3.15. The molecule has 154 valence electrons. The van der Waals surface area contributed by atoms with Gasteiger partial charge in [0.15, 0.2) is 15.8 Å². The summed E-state index contributed by atoms with van der Waals surface area (Å²) in [5.41, 5.74) is 4.13. The molecule has 0 amide bonds. The summed E-state index contributed by atoms with van der Waals surface area (Å²) in [6.45, 7) is 1.74. The highest BCUT2D eigenvalue weighted by Gasteiger charge is 2.45. The van der Waals surface area contributed by atoms with Crippen LogP contribution in [0.25, 0.3) is 0 Å². The predicted molar refractivity (Wildman–Crippen MR) is 119 cm³/mol. The van der Waals surface area contributed by atoms with Gasteiger partial charge in [-0.3, -0.25) is 4.99 Å². The largest absolute Gasteiger partial charge is 0.356 e. The highest BCUT2D eigenvalue weighted by Crippen LogP contribution is 2.50. The lowest BCUT2D eigenvalue weighted by molar-refractivity contribution is 0.478. The van der Waals surface area contributed by atoms with Gasteiger partial charge in [-0.2, -0.15) is 0 Å². The van der Waals surface area contributed by atoms with E-state index in [0.717, 1.165) is 31.0 Å². The lowest BCUT2D eigenvalue weighted by Crippen LogP contribution is -2.44. The first-order valence-electron chi connectivity index (χ1n) is 10.3. The summed E-state index contributed by atoms with van der Waals surface area (Å²) < 4.78 is 23.2. The number of anilines is 1. The number of rotatable bonds is 4. The number of nitrogens with one attached hydrogen (secondary N) is 1. The Morgan fingerprint density at radius 1 is 1.10 bits per heavy atom. The van der Waals surface area contributed by atoms with E-state index in [1.165, 1.54) is 43.2 Å². The maximum Gasteiger partial charge on any atom is 0.198 e. The second kappa shape index (κ2) is 7.82. The fraction of sp³-hybridized carbons (Fsp3) is 0.435. The van der Waals surface area contributed by atoms with Gasteiger partial charge in [-0.15, -0.1) is 0 Å². The molecule has 0 aromatic heterocycles. The third kappa shape index (κ3) is 3.90. The van der Waals surface area contributed by atoms with Crippen LogP contribution >= 0.6 is 0 Å². The van der Waals surface area contributed by atoms with Crippen LogP contribution in [0.15, 0.2) is 58.4 Å². The molecule has 0 bridgehead atoms. The average molecular weight is 412 g/mol. The van der Waals surface area contributed by atoms with Crippen molar-refractivity contribution in [3.8, 4) is 0 Å². The van der Waals surface area contributed by atoms with Crippen molar-refractivity contribution < 1.29 is 8.42 Å². The summed E-state index contributed by atoms with van der Waals surface area (Å²) in [7, 11) is -1.31. The van der Waals surface area contributed by atoms with E-state index in [-0.39, 0.29) is 5.41 Å². The van der Waals surface area contributed by atoms with Crippen molar-refractivity contribution >= 4 is 21.5 Å². The Kier molecular flexibility index (Phi) is 5.38. The van der Waals surface area contributed by atoms with Gasteiger partial charge in [0.1, 0.15) is 0 Å². The smallest absolute Gasteiger partial charge is 0.198 e. The van der Waals surface area contributed by atoms with E-state index in [2.05, 4.69) is 39.5 Å². The second-order valence-corrected chi connectivity index (χ2v) is 10.2. The Labute approximate surface area is 173 Å². The van der Waals surface area contributed by atoms with Gasteiger partial charge in [-0.25, -0.2) is 8.42 Å². The third-order valence-corrected chi connectivity index (χ3v) is 7.43. The summed E-state index contributed by atoms with van der Waals surface area (Å²) in [4.78, 5) is 7.26. The lowest BCUT2D eigenvalue weighted by atomic mass is 9.81. The minimum Gasteiger partial charge on any atom is -0.356 e. The Morgan fingerprint density at radius 2 is 1.79 bits per heavy atom. The molecule has 1 spiro atoms. The highest BCUT2D eigenvalue weighted by atomic mass is 32.2. The summed E-state index contributed by atoms with van der Waals surface area (Å²) in [6, 6.07) is 15.9. The molecular weight excluding hydrogens is 382 g/mol. The minimum absolute atomic E-state index is 0.274. The van der Waals surface area contributed by atoms with Gasteiger partial charge in [-0.1, -0.05) is 43.2 Å². The van der Waals surface area contributed by atoms with Crippen LogP contribution in [-0.4, -0.2) is 40.8 Å². The van der Waals surface area contributed by atoms with E-state index in [4.69, 9.17) is 0 Å². The number of fused-ring (bicyclic) bond motifs is 2. The Morgan fingerprint density at radius 3 is 2.45 bits per heavy atom. The zero-order valence-electron chi connectivity index (χ0n) is 17.2. The van der Waals surface area contributed by atoms with Crippen LogP contribution in [0.4, 0.5) is 5.69 Å². The molecule has 2 aromatic rings. The molecular formula is C23H29N3O2S. The predicted octanol–water partition coefficient (Wildman–Crippen LogP) is 3.54. The molecule has 6 heteroatoms. The van der Waals surface area contributed by atoms with Crippen LogP contribution < -0.4 is 10.2 Å². The van der Waals surface area contributed by atoms with Crippen LogP contribution in [-0.2, 0) is 21.7 Å². The monoisotopic (exact) mass is 411 g/mol. The Balaban J connectivity index is 1.44. The van der Waals surface area contributed by atoms with E-state index in [1.54, 1.807) is 12.1 Å². The number of para-hydroxylation sites is 1. The van der Waals surface area contributed by atoms with Crippen molar-refractivity contribution in [2.24, 2.45) is 4.99 Å². The van der Waals surface area contributed by atoms with E-state index in [9.17, 15) is 8.42 Å². The van der Waals surface area contributed by atoms with Crippen LogP contribution in [0.3, 0.4) is 0 Å². The van der Waals surface area contributed by atoms with E-state index < -0.39 is 9.84 Å². The van der Waals surface area contributed by atoms with Gasteiger partial charge in [0, 0.05) is 37.5 Å². The number of sulfone groups is 1. The average Bonchev–Trinajstić information content (AvgIpc) is 3.31. The molecule has 2 aliphatic rings. The number of nitrogens with zero attached hydrogens (tertiary/aromatic N) is 2. The normalized spacial score (nSPS) is 18.3. The van der Waals surface area contributed by atoms with E-state index >= 15 is 0 Å². The number of aliphatic imine (C=N–C) groups is 1. The summed E-state index contributed by atoms with van der Waals surface area (Å²) in [5.74, 6) is 0.911. The fourth-order valence-corrected chi connectivity index (χ4v) is 5.45. The molecule has 1 aliphatic carbocycles. The van der Waals surface area contributed by atoms with Gasteiger partial charge >= 0.3 is 0 Å². The first-order chi connectivity index (χ1) is 13.9. The molecule has 0 saturated heterocycles. The van der Waals surface area contributed by atoms with Gasteiger partial charge < -0.3 is 10.2 Å². The topological polar surface area (TPSA) is 61.8 Å². The first kappa shape index (κ1) is 20.0. The number of guanidine groups is 1. The van der Waals surface area contributed by atoms with Crippen molar-refractivity contribution in [1.82, 2.24) is 5.32 Å². The molecule has 1 aliphatic heterocycles. The maximum atomic E-state index is 11.6. The van der Waals surface area contributed by atoms with Gasteiger partial charge in [0.05, 0.1) is 4.90 Å². The molecule has 0 radical (unpaired) electrons. The van der Waals surface area contributed by atoms with E-state index in [1.807, 2.05) is 19.2 Å². The zero-order valence-corrected chi connectivity index (χ0v) is 18.0. The Bertz CT molecular complexity index is 1010. The SMILES string of the molecule is CN=C(NCCc1ccc(S(C)(=O)=O)cc1)N1CC2(CCCC2)c2ccccc21. The van der Waals surface area contributed by atoms with Gasteiger partial charge in [0.2, 0.25) is 0 Å². The van der Waals surface area contributed by atoms with Crippen LogP contribution in [0.2, 0.25) is 0 Å². The van der Waals surface area contributed by atoms with Crippen LogP contribution in [0.5, 0.6) is 0 Å². The molecule has 29 heavy (non-hydrogen) atoms. The van der Waals surface area contributed by atoms with E-state index in [0.29, 0.717) is 4.90 Å². The summed E-state index contributed by atoms with van der Waals surface area (Å²) in [5, 5.41) is 3.51. The molecule has 0 atom stereocenters. The molecule has 1 heterocycles. The molecule has 4 rings (SSSR count). The number of benzene rings is 2. The maximum absolute atomic E-state index is 11.6. The third-order valence-electron chi connectivity index (χ3n) is 6.30. The van der Waals surface area contributed by atoms with Crippen molar-refractivity contribution in [1.29, 1.82) is 0 Å². The molecule has 1 saturated carbocycles. The quantitative estimate of drug-likeness (QED) is 0.617. The van der Waals surface area contributed by atoms with Gasteiger partial charge in [-0.05, 0) is 48.6 Å². The highest BCUT2D eigenvalue weighted by molar-refractivity contribution is 7.90. The van der Waals surface area contributed by atoms with Gasteiger partial charge in [0.25, 0.3) is 0 Å². The summed E-state index contributed by atoms with van der Waals surface area (Å²) >= 11 is 0. The van der Waals surface area contributed by atoms with Crippen molar-refractivity contribution in [2.45, 2.75) is 42.4 Å². The van der Waals surface area contributed by atoms with Crippen molar-refractivity contribution in [3.63, 3.8) is 0 Å². The lowest BCUT2D eigenvalue weighted by Gasteiger charge is -2.26.